The number of hydrogen-bond acceptors (Lipinski definition) is 5. The highest BCUT2D eigenvalue weighted by atomic mass is 32.1. The van der Waals surface area contributed by atoms with Gasteiger partial charge in [-0.05, 0) is 41.8 Å². The summed E-state index contributed by atoms with van der Waals surface area (Å²) in [6.45, 7) is 4.95. The zero-order chi connectivity index (χ0) is 13.9. The lowest BCUT2D eigenvalue weighted by Crippen LogP contribution is -2.45. The van der Waals surface area contributed by atoms with Gasteiger partial charge >= 0.3 is 0 Å². The van der Waals surface area contributed by atoms with Crippen molar-refractivity contribution in [3.63, 3.8) is 0 Å². The van der Waals surface area contributed by atoms with Gasteiger partial charge in [-0.25, -0.2) is 4.68 Å². The van der Waals surface area contributed by atoms with Crippen molar-refractivity contribution in [3.8, 4) is 5.69 Å². The van der Waals surface area contributed by atoms with Crippen molar-refractivity contribution < 1.29 is 0 Å². The number of para-hydroxylation sites is 1. The van der Waals surface area contributed by atoms with Crippen LogP contribution in [0.4, 0.5) is 0 Å². The van der Waals surface area contributed by atoms with Crippen LogP contribution in [0.25, 0.3) is 5.69 Å². The van der Waals surface area contributed by atoms with E-state index in [2.05, 4.69) is 27.3 Å². The van der Waals surface area contributed by atoms with Gasteiger partial charge in [0.05, 0.1) is 12.4 Å². The molecule has 3 rings (SSSR count). The molecule has 0 spiro atoms. The van der Waals surface area contributed by atoms with E-state index in [0.29, 0.717) is 11.4 Å². The summed E-state index contributed by atoms with van der Waals surface area (Å²) in [6.07, 6.45) is 0. The molecule has 1 aliphatic rings. The lowest BCUT2D eigenvalue weighted by Gasteiger charge is -2.31. The summed E-state index contributed by atoms with van der Waals surface area (Å²) in [4.78, 5) is 4.68. The Kier molecular flexibility index (Phi) is 3.90. The van der Waals surface area contributed by atoms with Gasteiger partial charge < -0.3 is 4.90 Å². The van der Waals surface area contributed by atoms with Gasteiger partial charge in [-0.2, -0.15) is 4.68 Å². The van der Waals surface area contributed by atoms with Crippen molar-refractivity contribution in [1.29, 1.82) is 0 Å². The fourth-order valence-corrected chi connectivity index (χ4v) is 2.51. The van der Waals surface area contributed by atoms with Crippen molar-refractivity contribution >= 4 is 12.2 Å². The van der Waals surface area contributed by atoms with Crippen LogP contribution in [0.2, 0.25) is 0 Å². The maximum atomic E-state index is 5.46. The zero-order valence-corrected chi connectivity index (χ0v) is 12.3. The Morgan fingerprint density at radius 1 is 1.05 bits per heavy atom. The molecule has 6 nitrogen and oxygen atoms in total. The van der Waals surface area contributed by atoms with Gasteiger partial charge in [0.25, 0.3) is 0 Å². The molecule has 0 unspecified atom stereocenters. The lowest BCUT2D eigenvalue weighted by atomic mass is 10.3. The highest BCUT2D eigenvalue weighted by Gasteiger charge is 2.15. The standard InChI is InChI=1S/C13H18N6S/c1-16-7-9-17(10-8-16)11-18-13(20)19(15-14-18)12-5-3-2-4-6-12/h2-6H,7-11H2,1H3. The van der Waals surface area contributed by atoms with E-state index < -0.39 is 0 Å². The van der Waals surface area contributed by atoms with Gasteiger partial charge in [0.15, 0.2) is 0 Å². The second kappa shape index (κ2) is 5.82. The molecule has 20 heavy (non-hydrogen) atoms. The van der Waals surface area contributed by atoms with E-state index in [4.69, 9.17) is 12.2 Å². The monoisotopic (exact) mass is 290 g/mol. The minimum absolute atomic E-state index is 0.634. The van der Waals surface area contributed by atoms with Crippen molar-refractivity contribution in [2.24, 2.45) is 0 Å². The molecular weight excluding hydrogens is 272 g/mol. The molecule has 0 aliphatic carbocycles. The molecule has 1 saturated heterocycles. The third-order valence-corrected chi connectivity index (χ3v) is 3.95. The number of likely N-dealkylation sites (N-methyl/N-ethyl adjacent to an activating group) is 1. The quantitative estimate of drug-likeness (QED) is 0.789. The Morgan fingerprint density at radius 3 is 2.45 bits per heavy atom. The number of piperazine rings is 1. The maximum absolute atomic E-state index is 5.46. The Balaban J connectivity index is 1.76. The summed E-state index contributed by atoms with van der Waals surface area (Å²) >= 11 is 5.46. The molecule has 7 heteroatoms. The zero-order valence-electron chi connectivity index (χ0n) is 11.5. The van der Waals surface area contributed by atoms with Gasteiger partial charge in [0.1, 0.15) is 0 Å². The molecule has 1 fully saturated rings. The van der Waals surface area contributed by atoms with Gasteiger partial charge in [0.2, 0.25) is 4.77 Å². The van der Waals surface area contributed by atoms with E-state index in [-0.39, 0.29) is 0 Å². The molecule has 0 N–H and O–H groups in total. The van der Waals surface area contributed by atoms with Crippen LogP contribution < -0.4 is 0 Å². The Hall–Kier alpha value is -1.57. The first-order valence-electron chi connectivity index (χ1n) is 6.73. The van der Waals surface area contributed by atoms with Crippen LogP contribution in [0.15, 0.2) is 30.3 Å². The molecule has 2 aromatic rings. The van der Waals surface area contributed by atoms with Crippen LogP contribution in [-0.4, -0.2) is 62.8 Å². The number of benzene rings is 1. The fraction of sp³-hybridized carbons (Fsp3) is 0.462. The van der Waals surface area contributed by atoms with Crippen LogP contribution in [0.5, 0.6) is 0 Å². The molecular formula is C13H18N6S. The molecule has 0 saturated carbocycles. The highest BCUT2D eigenvalue weighted by Crippen LogP contribution is 2.07. The van der Waals surface area contributed by atoms with E-state index >= 15 is 0 Å². The van der Waals surface area contributed by atoms with Gasteiger partial charge in [-0.15, -0.1) is 0 Å². The van der Waals surface area contributed by atoms with Crippen molar-refractivity contribution in [2.45, 2.75) is 6.67 Å². The largest absolute Gasteiger partial charge is 0.304 e. The topological polar surface area (TPSA) is 42.1 Å². The molecule has 106 valence electrons. The number of hydrogen-bond donors (Lipinski definition) is 0. The average molecular weight is 290 g/mol. The predicted molar refractivity (Wildman–Crippen MR) is 79.3 cm³/mol. The van der Waals surface area contributed by atoms with E-state index in [1.807, 2.05) is 30.3 Å². The third-order valence-electron chi connectivity index (χ3n) is 3.57. The number of nitrogens with zero attached hydrogens (tertiary/aromatic N) is 6. The molecule has 0 bridgehead atoms. The van der Waals surface area contributed by atoms with Crippen molar-refractivity contribution in [1.82, 2.24) is 29.6 Å². The molecule has 0 radical (unpaired) electrons. The smallest absolute Gasteiger partial charge is 0.221 e. The van der Waals surface area contributed by atoms with Crippen molar-refractivity contribution in [2.75, 3.05) is 33.2 Å². The summed E-state index contributed by atoms with van der Waals surface area (Å²) in [5, 5.41) is 8.33. The van der Waals surface area contributed by atoms with E-state index in [1.165, 1.54) is 0 Å². The lowest BCUT2D eigenvalue weighted by molar-refractivity contribution is 0.118. The normalized spacial score (nSPS) is 17.4. The highest BCUT2D eigenvalue weighted by molar-refractivity contribution is 7.71. The Labute approximate surface area is 123 Å². The maximum Gasteiger partial charge on any atom is 0.221 e. The predicted octanol–water partition coefficient (Wildman–Crippen LogP) is 1.00. The molecule has 0 atom stereocenters. The minimum atomic E-state index is 0.634. The first-order valence-corrected chi connectivity index (χ1v) is 7.14. The molecule has 1 aromatic carbocycles. The van der Waals surface area contributed by atoms with Gasteiger partial charge in [-0.1, -0.05) is 18.2 Å². The van der Waals surface area contributed by atoms with Crippen LogP contribution in [-0.2, 0) is 6.67 Å². The first kappa shape index (κ1) is 13.4. The molecule has 1 aliphatic heterocycles. The third kappa shape index (κ3) is 2.79. The number of tetrazole rings is 1. The summed E-state index contributed by atoms with van der Waals surface area (Å²) in [5.74, 6) is 0. The minimum Gasteiger partial charge on any atom is -0.304 e. The first-order chi connectivity index (χ1) is 9.74. The van der Waals surface area contributed by atoms with Gasteiger partial charge in [0, 0.05) is 26.2 Å². The summed E-state index contributed by atoms with van der Waals surface area (Å²) in [6, 6.07) is 9.87. The number of aromatic nitrogens is 4. The van der Waals surface area contributed by atoms with Crippen LogP contribution in [0.3, 0.4) is 0 Å². The van der Waals surface area contributed by atoms with E-state index in [1.54, 1.807) is 9.36 Å². The van der Waals surface area contributed by atoms with Crippen molar-refractivity contribution in [3.05, 3.63) is 35.1 Å². The second-order valence-corrected chi connectivity index (χ2v) is 5.44. The molecule has 2 heterocycles. The molecule has 0 amide bonds. The average Bonchev–Trinajstić information content (AvgIpc) is 2.84. The Morgan fingerprint density at radius 2 is 1.75 bits per heavy atom. The Bertz CT molecular complexity index is 611. The van der Waals surface area contributed by atoms with Crippen LogP contribution in [0, 0.1) is 4.77 Å². The summed E-state index contributed by atoms with van der Waals surface area (Å²) in [5.41, 5.74) is 0.946. The van der Waals surface area contributed by atoms with Crippen LogP contribution in [0.1, 0.15) is 0 Å². The van der Waals surface area contributed by atoms with E-state index in [9.17, 15) is 0 Å². The fourth-order valence-electron chi connectivity index (χ4n) is 2.27. The SMILES string of the molecule is CN1CCN(Cn2nnn(-c3ccccc3)c2=S)CC1. The summed E-state index contributed by atoms with van der Waals surface area (Å²) in [7, 11) is 2.15. The van der Waals surface area contributed by atoms with Crippen LogP contribution >= 0.6 is 12.2 Å². The number of rotatable bonds is 3. The van der Waals surface area contributed by atoms with E-state index in [0.717, 1.165) is 31.9 Å². The molecule has 1 aromatic heterocycles. The summed E-state index contributed by atoms with van der Waals surface area (Å²) < 4.78 is 4.12. The second-order valence-electron chi connectivity index (χ2n) is 5.07. The van der Waals surface area contributed by atoms with Gasteiger partial charge in [-0.3, -0.25) is 4.90 Å².